The minimum Gasteiger partial charge on any atom is -0.493 e. The number of fused-ring (bicyclic) bond motifs is 10. The van der Waals surface area contributed by atoms with Crippen LogP contribution >= 0.6 is 0 Å². The summed E-state index contributed by atoms with van der Waals surface area (Å²) >= 11 is 0. The van der Waals surface area contributed by atoms with Gasteiger partial charge in [-0.05, 0) is 81.3 Å². The van der Waals surface area contributed by atoms with Gasteiger partial charge in [0.25, 0.3) is 0 Å². The lowest BCUT2D eigenvalue weighted by Gasteiger charge is -2.31. The first kappa shape index (κ1) is 30.0. The van der Waals surface area contributed by atoms with Gasteiger partial charge < -0.3 is 24.3 Å². The maximum absolute atomic E-state index is 13.8. The molecule has 2 heterocycles. The Kier molecular flexibility index (Phi) is 10.0. The molecule has 0 unspecified atom stereocenters. The molecule has 4 bridgehead atoms. The fourth-order valence-corrected chi connectivity index (χ4v) is 4.92. The second-order valence-corrected chi connectivity index (χ2v) is 11.3. The lowest BCUT2D eigenvalue weighted by atomic mass is 9.79. The van der Waals surface area contributed by atoms with Gasteiger partial charge in [0.2, 0.25) is 5.91 Å². The average Bonchev–Trinajstić information content (AvgIpc) is 2.86. The minimum absolute atomic E-state index is 0.166. The standard InChI is InChI=1S/C31H41NO7/c1-19(2)27-23(29(34)39-31(3,4)5)10-8-9-20-11-14-22(15-12-20)38-26-18-21(13-16-25(26)36-6)17-24(30(35)37-7)32-28(27)33/h11-16,18-19,23-24,27H,8-10,17H2,1-7H3,(H,32,33)/t23-,24-,27+/m0/s1. The number of carbonyl (C=O) groups is 3. The van der Waals surface area contributed by atoms with E-state index < -0.39 is 35.4 Å². The van der Waals surface area contributed by atoms with Gasteiger partial charge in [0, 0.05) is 6.42 Å². The number of esters is 2. The molecule has 39 heavy (non-hydrogen) atoms. The van der Waals surface area contributed by atoms with Crippen LogP contribution in [0.3, 0.4) is 0 Å². The van der Waals surface area contributed by atoms with Crippen molar-refractivity contribution in [2.45, 2.75) is 71.9 Å². The van der Waals surface area contributed by atoms with Gasteiger partial charge in [-0.25, -0.2) is 4.79 Å². The van der Waals surface area contributed by atoms with Gasteiger partial charge >= 0.3 is 11.9 Å². The first-order valence-corrected chi connectivity index (χ1v) is 13.5. The molecule has 4 rings (SSSR count). The van der Waals surface area contributed by atoms with Crippen molar-refractivity contribution in [3.8, 4) is 17.2 Å². The van der Waals surface area contributed by atoms with Crippen molar-refractivity contribution in [2.24, 2.45) is 17.8 Å². The van der Waals surface area contributed by atoms with Crippen LogP contribution in [0.25, 0.3) is 0 Å². The summed E-state index contributed by atoms with van der Waals surface area (Å²) < 4.78 is 22.4. The highest BCUT2D eigenvalue weighted by Gasteiger charge is 2.39. The highest BCUT2D eigenvalue weighted by atomic mass is 16.6. The van der Waals surface area contributed by atoms with E-state index >= 15 is 0 Å². The molecule has 2 aromatic rings. The third-order valence-corrected chi connectivity index (χ3v) is 6.77. The van der Waals surface area contributed by atoms with E-state index in [1.54, 1.807) is 19.2 Å². The fourth-order valence-electron chi connectivity index (χ4n) is 4.92. The first-order chi connectivity index (χ1) is 18.4. The molecule has 8 heteroatoms. The maximum Gasteiger partial charge on any atom is 0.328 e. The quantitative estimate of drug-likeness (QED) is 0.530. The lowest BCUT2D eigenvalue weighted by Crippen LogP contribution is -2.49. The Hall–Kier alpha value is -3.55. The highest BCUT2D eigenvalue weighted by Crippen LogP contribution is 2.34. The van der Waals surface area contributed by atoms with Gasteiger partial charge in [0.15, 0.2) is 11.5 Å². The monoisotopic (exact) mass is 539 g/mol. The summed E-state index contributed by atoms with van der Waals surface area (Å²) in [7, 11) is 2.84. The maximum atomic E-state index is 13.8. The van der Waals surface area contributed by atoms with Crippen LogP contribution in [0.2, 0.25) is 0 Å². The van der Waals surface area contributed by atoms with Crippen molar-refractivity contribution in [3.05, 3.63) is 53.6 Å². The summed E-state index contributed by atoms with van der Waals surface area (Å²) in [6, 6.07) is 12.2. The third kappa shape index (κ3) is 8.22. The van der Waals surface area contributed by atoms with E-state index in [1.165, 1.54) is 7.11 Å². The SMILES string of the molecule is COC(=O)[C@@H]1Cc2ccc(OC)c(c2)Oc2ccc(cc2)CCC[C@H](C(=O)OC(C)(C)C)[C@@H](C(C)C)C(=O)N1. The van der Waals surface area contributed by atoms with E-state index in [2.05, 4.69) is 5.32 Å². The molecule has 212 valence electrons. The van der Waals surface area contributed by atoms with E-state index in [4.69, 9.17) is 18.9 Å². The Bertz CT molecular complexity index is 1150. The van der Waals surface area contributed by atoms with Crippen LogP contribution in [-0.2, 0) is 36.7 Å². The molecule has 1 N–H and O–H groups in total. The zero-order chi connectivity index (χ0) is 28.7. The number of amides is 1. The summed E-state index contributed by atoms with van der Waals surface area (Å²) in [6.07, 6.45) is 2.02. The average molecular weight is 540 g/mol. The molecule has 0 aromatic heterocycles. The topological polar surface area (TPSA) is 100 Å². The molecule has 0 radical (unpaired) electrons. The molecule has 8 nitrogen and oxygen atoms in total. The van der Waals surface area contributed by atoms with Gasteiger partial charge in [-0.3, -0.25) is 9.59 Å². The number of ether oxygens (including phenoxy) is 4. The molecule has 2 aliphatic heterocycles. The number of aryl methyl sites for hydroxylation is 1. The normalized spacial score (nSPS) is 20.4. The molecule has 2 aliphatic rings. The summed E-state index contributed by atoms with van der Waals surface area (Å²) in [6.45, 7) is 9.25. The van der Waals surface area contributed by atoms with Crippen molar-refractivity contribution in [3.63, 3.8) is 0 Å². The number of nitrogens with one attached hydrogen (secondary N) is 1. The molecule has 0 saturated heterocycles. The van der Waals surface area contributed by atoms with Gasteiger partial charge in [0.1, 0.15) is 17.4 Å². The lowest BCUT2D eigenvalue weighted by molar-refractivity contribution is -0.165. The zero-order valence-corrected chi connectivity index (χ0v) is 24.0. The number of methoxy groups -OCH3 is 2. The molecule has 0 fully saturated rings. The summed E-state index contributed by atoms with van der Waals surface area (Å²) in [5, 5.41) is 2.88. The Morgan fingerprint density at radius 2 is 1.67 bits per heavy atom. The Balaban J connectivity index is 2.06. The van der Waals surface area contributed by atoms with Crippen molar-refractivity contribution < 1.29 is 33.3 Å². The van der Waals surface area contributed by atoms with Crippen molar-refractivity contribution in [2.75, 3.05) is 14.2 Å². The van der Waals surface area contributed by atoms with Crippen LogP contribution in [0.1, 0.15) is 58.6 Å². The van der Waals surface area contributed by atoms with Crippen molar-refractivity contribution in [1.29, 1.82) is 0 Å². The Morgan fingerprint density at radius 1 is 1.00 bits per heavy atom. The first-order valence-electron chi connectivity index (χ1n) is 13.5. The second kappa shape index (κ2) is 13.0. The summed E-state index contributed by atoms with van der Waals surface area (Å²) in [4.78, 5) is 40.0. The van der Waals surface area contributed by atoms with Gasteiger partial charge in [-0.15, -0.1) is 0 Å². The number of hydrogen-bond donors (Lipinski definition) is 1. The molecule has 2 aromatic carbocycles. The number of benzene rings is 2. The third-order valence-electron chi connectivity index (χ3n) is 6.77. The largest absolute Gasteiger partial charge is 0.493 e. The predicted octanol–water partition coefficient (Wildman–Crippen LogP) is 5.25. The Morgan fingerprint density at radius 3 is 2.26 bits per heavy atom. The number of carbonyl (C=O) groups excluding carboxylic acids is 3. The van der Waals surface area contributed by atoms with Crippen LogP contribution in [-0.4, -0.2) is 43.7 Å². The van der Waals surface area contributed by atoms with Crippen LogP contribution in [0.4, 0.5) is 0 Å². The van der Waals surface area contributed by atoms with E-state index in [1.807, 2.05) is 65.0 Å². The predicted molar refractivity (Wildman–Crippen MR) is 148 cm³/mol. The molecule has 0 spiro atoms. The Labute approximate surface area is 231 Å². The summed E-state index contributed by atoms with van der Waals surface area (Å²) in [5.41, 5.74) is 1.14. The van der Waals surface area contributed by atoms with Crippen LogP contribution < -0.4 is 14.8 Å². The molecule has 0 saturated carbocycles. The molecule has 1 amide bonds. The van der Waals surface area contributed by atoms with Crippen LogP contribution in [0, 0.1) is 17.8 Å². The molecule has 3 atom stereocenters. The molecule has 0 aliphatic carbocycles. The van der Waals surface area contributed by atoms with E-state index in [0.29, 0.717) is 30.1 Å². The van der Waals surface area contributed by atoms with Gasteiger partial charge in [-0.1, -0.05) is 32.0 Å². The van der Waals surface area contributed by atoms with Gasteiger partial charge in [-0.2, -0.15) is 0 Å². The smallest absolute Gasteiger partial charge is 0.328 e. The fraction of sp³-hybridized carbons (Fsp3) is 0.516. The molecular weight excluding hydrogens is 498 g/mol. The molecular formula is C31H41NO7. The van der Waals surface area contributed by atoms with Crippen LogP contribution in [0.5, 0.6) is 17.2 Å². The van der Waals surface area contributed by atoms with E-state index in [-0.39, 0.29) is 18.2 Å². The van der Waals surface area contributed by atoms with Crippen molar-refractivity contribution >= 4 is 17.8 Å². The second-order valence-electron chi connectivity index (χ2n) is 11.3. The zero-order valence-electron chi connectivity index (χ0n) is 24.0. The number of hydrogen-bond acceptors (Lipinski definition) is 7. The summed E-state index contributed by atoms with van der Waals surface area (Å²) in [5.74, 6) is -1.24. The van der Waals surface area contributed by atoms with Crippen molar-refractivity contribution in [1.82, 2.24) is 5.32 Å². The van der Waals surface area contributed by atoms with E-state index in [0.717, 1.165) is 17.5 Å². The van der Waals surface area contributed by atoms with Crippen LogP contribution in [0.15, 0.2) is 42.5 Å². The van der Waals surface area contributed by atoms with Gasteiger partial charge in [0.05, 0.1) is 26.1 Å². The van der Waals surface area contributed by atoms with E-state index in [9.17, 15) is 14.4 Å². The minimum atomic E-state index is -0.959. The number of rotatable bonds is 4. The highest BCUT2D eigenvalue weighted by molar-refractivity contribution is 5.89.